The number of aromatic amines is 1. The SMILES string of the molecule is COc1cc(C)c(-c2nc(C)c(C)[nH]2)c(C)c1. The number of nitrogens with zero attached hydrogens (tertiary/aromatic N) is 1. The number of methoxy groups -OCH3 is 1. The molecule has 0 radical (unpaired) electrons. The first-order chi connectivity index (χ1) is 8.02. The summed E-state index contributed by atoms with van der Waals surface area (Å²) in [5.41, 5.74) is 5.69. The smallest absolute Gasteiger partial charge is 0.138 e. The Balaban J connectivity index is 2.59. The summed E-state index contributed by atoms with van der Waals surface area (Å²) >= 11 is 0. The highest BCUT2D eigenvalue weighted by Gasteiger charge is 2.12. The average molecular weight is 230 g/mol. The summed E-state index contributed by atoms with van der Waals surface area (Å²) in [6.07, 6.45) is 0. The summed E-state index contributed by atoms with van der Waals surface area (Å²) in [6, 6.07) is 4.07. The lowest BCUT2D eigenvalue weighted by Gasteiger charge is -2.10. The fourth-order valence-electron chi connectivity index (χ4n) is 2.08. The maximum Gasteiger partial charge on any atom is 0.138 e. The highest BCUT2D eigenvalue weighted by Crippen LogP contribution is 2.29. The first-order valence-electron chi connectivity index (χ1n) is 5.71. The van der Waals surface area contributed by atoms with Gasteiger partial charge in [-0.1, -0.05) is 0 Å². The van der Waals surface area contributed by atoms with E-state index in [9.17, 15) is 0 Å². The fraction of sp³-hybridized carbons (Fsp3) is 0.357. The van der Waals surface area contributed by atoms with Crippen molar-refractivity contribution in [3.63, 3.8) is 0 Å². The molecule has 0 saturated carbocycles. The number of aromatic nitrogens is 2. The summed E-state index contributed by atoms with van der Waals surface area (Å²) in [7, 11) is 1.69. The van der Waals surface area contributed by atoms with Gasteiger partial charge in [0.1, 0.15) is 11.6 Å². The molecule has 0 amide bonds. The van der Waals surface area contributed by atoms with E-state index >= 15 is 0 Å². The molecule has 1 N–H and O–H groups in total. The van der Waals surface area contributed by atoms with E-state index in [1.165, 1.54) is 16.7 Å². The number of H-pyrrole nitrogens is 1. The van der Waals surface area contributed by atoms with Crippen molar-refractivity contribution in [2.45, 2.75) is 27.7 Å². The lowest BCUT2D eigenvalue weighted by Crippen LogP contribution is -1.93. The van der Waals surface area contributed by atoms with Crippen LogP contribution in [0.3, 0.4) is 0 Å². The van der Waals surface area contributed by atoms with Gasteiger partial charge in [-0.3, -0.25) is 0 Å². The van der Waals surface area contributed by atoms with Crippen molar-refractivity contribution in [3.8, 4) is 17.1 Å². The molecule has 0 aliphatic carbocycles. The molecule has 2 aromatic rings. The summed E-state index contributed by atoms with van der Waals surface area (Å²) < 4.78 is 5.27. The molecule has 3 nitrogen and oxygen atoms in total. The first kappa shape index (κ1) is 11.7. The molecule has 0 unspecified atom stereocenters. The van der Waals surface area contributed by atoms with Crippen molar-refractivity contribution in [3.05, 3.63) is 34.6 Å². The molecule has 0 bridgehead atoms. The summed E-state index contributed by atoms with van der Waals surface area (Å²) in [5.74, 6) is 1.83. The largest absolute Gasteiger partial charge is 0.497 e. The van der Waals surface area contributed by atoms with Crippen molar-refractivity contribution < 1.29 is 4.74 Å². The molecule has 2 rings (SSSR count). The Kier molecular flexibility index (Phi) is 2.92. The third kappa shape index (κ3) is 2.05. The second-order valence-electron chi connectivity index (χ2n) is 4.43. The lowest BCUT2D eigenvalue weighted by atomic mass is 10.0. The van der Waals surface area contributed by atoms with Crippen LogP contribution >= 0.6 is 0 Å². The highest BCUT2D eigenvalue weighted by atomic mass is 16.5. The van der Waals surface area contributed by atoms with Gasteiger partial charge in [0.2, 0.25) is 0 Å². The Morgan fingerprint density at radius 3 is 2.06 bits per heavy atom. The number of hydrogen-bond acceptors (Lipinski definition) is 2. The van der Waals surface area contributed by atoms with Crippen LogP contribution in [0.5, 0.6) is 5.75 Å². The molecule has 17 heavy (non-hydrogen) atoms. The van der Waals surface area contributed by atoms with Gasteiger partial charge in [-0.15, -0.1) is 0 Å². The Bertz CT molecular complexity index is 513. The zero-order chi connectivity index (χ0) is 12.6. The molecule has 0 spiro atoms. The summed E-state index contributed by atoms with van der Waals surface area (Å²) in [6.45, 7) is 8.22. The molecule has 0 aliphatic rings. The zero-order valence-corrected chi connectivity index (χ0v) is 11.0. The second-order valence-corrected chi connectivity index (χ2v) is 4.43. The number of nitrogens with one attached hydrogen (secondary N) is 1. The first-order valence-corrected chi connectivity index (χ1v) is 5.71. The minimum atomic E-state index is 0.892. The number of aryl methyl sites for hydroxylation is 4. The molecular weight excluding hydrogens is 212 g/mol. The van der Waals surface area contributed by atoms with E-state index in [0.29, 0.717) is 0 Å². The number of rotatable bonds is 2. The van der Waals surface area contributed by atoms with Gasteiger partial charge < -0.3 is 9.72 Å². The number of ether oxygens (including phenoxy) is 1. The molecule has 0 fully saturated rings. The molecule has 0 saturated heterocycles. The Labute approximate surface area is 102 Å². The molecule has 1 aromatic heterocycles. The van der Waals surface area contributed by atoms with Gasteiger partial charge in [0.25, 0.3) is 0 Å². The predicted molar refractivity (Wildman–Crippen MR) is 69.5 cm³/mol. The van der Waals surface area contributed by atoms with Crippen LogP contribution in [0, 0.1) is 27.7 Å². The predicted octanol–water partition coefficient (Wildman–Crippen LogP) is 3.32. The molecule has 0 aliphatic heterocycles. The molecule has 0 atom stereocenters. The second kappa shape index (κ2) is 4.24. The van der Waals surface area contributed by atoms with E-state index in [4.69, 9.17) is 4.74 Å². The third-order valence-electron chi connectivity index (χ3n) is 3.11. The van der Waals surface area contributed by atoms with E-state index in [0.717, 1.165) is 23.0 Å². The minimum absolute atomic E-state index is 0.892. The van der Waals surface area contributed by atoms with Crippen LogP contribution in [0.25, 0.3) is 11.4 Å². The topological polar surface area (TPSA) is 37.9 Å². The van der Waals surface area contributed by atoms with Gasteiger partial charge in [-0.25, -0.2) is 4.98 Å². The van der Waals surface area contributed by atoms with Gasteiger partial charge in [-0.2, -0.15) is 0 Å². The maximum absolute atomic E-state index is 5.27. The standard InChI is InChI=1S/C14H18N2O/c1-8-6-12(17-5)7-9(2)13(8)14-15-10(3)11(4)16-14/h6-7H,1-5H3,(H,15,16). The van der Waals surface area contributed by atoms with Crippen molar-refractivity contribution in [1.82, 2.24) is 9.97 Å². The van der Waals surface area contributed by atoms with Crippen LogP contribution in [0.4, 0.5) is 0 Å². The number of imidazole rings is 1. The average Bonchev–Trinajstić information content (AvgIpc) is 2.57. The quantitative estimate of drug-likeness (QED) is 0.859. The third-order valence-corrected chi connectivity index (χ3v) is 3.11. The van der Waals surface area contributed by atoms with Gasteiger partial charge in [0.15, 0.2) is 0 Å². The van der Waals surface area contributed by atoms with Crippen LogP contribution in [-0.2, 0) is 0 Å². The Hall–Kier alpha value is -1.77. The minimum Gasteiger partial charge on any atom is -0.497 e. The van der Waals surface area contributed by atoms with Crippen LogP contribution in [-0.4, -0.2) is 17.1 Å². The normalized spacial score (nSPS) is 10.6. The monoisotopic (exact) mass is 230 g/mol. The number of hydrogen-bond donors (Lipinski definition) is 1. The van der Waals surface area contributed by atoms with Crippen LogP contribution in [0.15, 0.2) is 12.1 Å². The van der Waals surface area contributed by atoms with Crippen LogP contribution in [0.1, 0.15) is 22.5 Å². The Morgan fingerprint density at radius 2 is 1.65 bits per heavy atom. The van der Waals surface area contributed by atoms with E-state index in [-0.39, 0.29) is 0 Å². The Morgan fingerprint density at radius 1 is 1.06 bits per heavy atom. The van der Waals surface area contributed by atoms with E-state index in [2.05, 4.69) is 23.8 Å². The van der Waals surface area contributed by atoms with Crippen molar-refractivity contribution >= 4 is 0 Å². The van der Waals surface area contributed by atoms with Gasteiger partial charge in [-0.05, 0) is 51.0 Å². The van der Waals surface area contributed by atoms with E-state index in [1.54, 1.807) is 7.11 Å². The molecule has 1 heterocycles. The van der Waals surface area contributed by atoms with Crippen molar-refractivity contribution in [2.75, 3.05) is 7.11 Å². The molecular formula is C14H18N2O. The van der Waals surface area contributed by atoms with Gasteiger partial charge >= 0.3 is 0 Å². The zero-order valence-electron chi connectivity index (χ0n) is 11.0. The fourth-order valence-corrected chi connectivity index (χ4v) is 2.08. The molecule has 1 aromatic carbocycles. The highest BCUT2D eigenvalue weighted by molar-refractivity contribution is 5.66. The molecule has 3 heteroatoms. The van der Waals surface area contributed by atoms with E-state index < -0.39 is 0 Å². The van der Waals surface area contributed by atoms with Crippen LogP contribution in [0.2, 0.25) is 0 Å². The molecule has 90 valence electrons. The summed E-state index contributed by atoms with van der Waals surface area (Å²) in [5, 5.41) is 0. The number of benzene rings is 1. The van der Waals surface area contributed by atoms with E-state index in [1.807, 2.05) is 26.0 Å². The van der Waals surface area contributed by atoms with Gasteiger partial charge in [0, 0.05) is 11.3 Å². The van der Waals surface area contributed by atoms with Gasteiger partial charge in [0.05, 0.1) is 12.8 Å². The van der Waals surface area contributed by atoms with Crippen molar-refractivity contribution in [1.29, 1.82) is 0 Å². The van der Waals surface area contributed by atoms with Crippen molar-refractivity contribution in [2.24, 2.45) is 0 Å². The maximum atomic E-state index is 5.27. The lowest BCUT2D eigenvalue weighted by molar-refractivity contribution is 0.414. The summed E-state index contributed by atoms with van der Waals surface area (Å²) in [4.78, 5) is 7.89. The van der Waals surface area contributed by atoms with Crippen LogP contribution < -0.4 is 4.74 Å².